The molecule has 4 aromatic carbocycles. The first-order chi connectivity index (χ1) is 31.2. The van der Waals surface area contributed by atoms with Crippen LogP contribution in [0.3, 0.4) is 0 Å². The number of aromatic amines is 4. The van der Waals surface area contributed by atoms with E-state index in [1.165, 1.54) is 6.08 Å². The number of rotatable bonds is 11. The molecule has 0 unspecified atom stereocenters. The fraction of sp³-hybridized carbons (Fsp3) is 0.0769. The van der Waals surface area contributed by atoms with E-state index in [0.29, 0.717) is 44.8 Å². The Morgan fingerprint density at radius 3 is 1.08 bits per heavy atom. The Balaban J connectivity index is 1.48. The minimum Gasteiger partial charge on any atom is -0.497 e. The lowest BCUT2D eigenvalue weighted by atomic mass is 10.00. The second-order valence-electron chi connectivity index (χ2n) is 15.0. The molecule has 0 radical (unpaired) electrons. The van der Waals surface area contributed by atoms with Crippen molar-refractivity contribution in [3.63, 3.8) is 0 Å². The molecule has 4 aromatic heterocycles. The molecule has 8 aromatic rings. The number of aromatic nitrogens is 4. The average molecular weight is 851 g/mol. The van der Waals surface area contributed by atoms with Gasteiger partial charge in [-0.25, -0.2) is 9.59 Å². The van der Waals surface area contributed by atoms with E-state index in [9.17, 15) is 19.8 Å². The van der Waals surface area contributed by atoms with Crippen LogP contribution in [-0.4, -0.2) is 70.5 Å². The number of carboxylic acid groups (broad SMARTS) is 2. The molecule has 0 atom stereocenters. The van der Waals surface area contributed by atoms with Gasteiger partial charge in [0.05, 0.1) is 33.8 Å². The summed E-state index contributed by atoms with van der Waals surface area (Å²) in [5, 5.41) is 23.1. The summed E-state index contributed by atoms with van der Waals surface area (Å²) in [4.78, 5) is 39.9. The van der Waals surface area contributed by atoms with Crippen molar-refractivity contribution in [3.8, 4) is 23.0 Å². The van der Waals surface area contributed by atoms with E-state index >= 15 is 0 Å². The van der Waals surface area contributed by atoms with E-state index in [4.69, 9.17) is 18.9 Å². The van der Waals surface area contributed by atoms with E-state index < -0.39 is 17.5 Å². The molecule has 0 amide bonds. The molecule has 0 spiro atoms. The molecule has 0 fully saturated rings. The molecule has 64 heavy (non-hydrogen) atoms. The molecule has 5 heterocycles. The number of methoxy groups -OCH3 is 4. The second kappa shape index (κ2) is 17.0. The summed E-state index contributed by atoms with van der Waals surface area (Å²) in [5.41, 5.74) is 8.99. The second-order valence-corrected chi connectivity index (χ2v) is 15.0. The Morgan fingerprint density at radius 2 is 0.734 bits per heavy atom. The third kappa shape index (κ3) is 7.64. The van der Waals surface area contributed by atoms with E-state index in [1.807, 2.05) is 121 Å². The van der Waals surface area contributed by atoms with Gasteiger partial charge in [0, 0.05) is 66.7 Å². The van der Waals surface area contributed by atoms with Crippen LogP contribution < -0.4 is 40.3 Å². The average Bonchev–Trinajstić information content (AvgIpc) is 4.17. The highest BCUT2D eigenvalue weighted by atomic mass is 16.5. The normalized spacial score (nSPS) is 12.2. The number of benzene rings is 4. The number of aliphatic carboxylic acids is 2. The van der Waals surface area contributed by atoms with Gasteiger partial charge in [-0.2, -0.15) is 0 Å². The Morgan fingerprint density at radius 1 is 0.406 bits per heavy atom. The van der Waals surface area contributed by atoms with Crippen LogP contribution in [0.2, 0.25) is 0 Å². The molecular formula is C52H42N4O8. The van der Waals surface area contributed by atoms with Gasteiger partial charge in [-0.05, 0) is 119 Å². The van der Waals surface area contributed by atoms with Gasteiger partial charge in [-0.3, -0.25) is 0 Å². The van der Waals surface area contributed by atoms with Gasteiger partial charge in [-0.15, -0.1) is 0 Å². The van der Waals surface area contributed by atoms with E-state index in [2.05, 4.69) is 32.1 Å². The Labute approximate surface area is 366 Å². The summed E-state index contributed by atoms with van der Waals surface area (Å²) in [5.74, 6) is -0.428. The molecule has 0 aliphatic carbocycles. The maximum atomic E-state index is 12.5. The number of H-pyrrole nitrogens is 4. The van der Waals surface area contributed by atoms with Gasteiger partial charge in [0.1, 0.15) is 28.6 Å². The van der Waals surface area contributed by atoms with Crippen LogP contribution >= 0.6 is 0 Å². The largest absolute Gasteiger partial charge is 0.497 e. The van der Waals surface area contributed by atoms with Crippen molar-refractivity contribution in [3.05, 3.63) is 217 Å². The molecule has 12 heteroatoms. The predicted octanol–water partition coefficient (Wildman–Crippen LogP) is 5.89. The monoisotopic (exact) mass is 850 g/mol. The highest BCUT2D eigenvalue weighted by Crippen LogP contribution is 2.30. The standard InChI is InChI=1S/C52H42N4O8/c1-61-34-13-5-29(6-14-34)46-39-21-22-40(53-39)47(30-7-15-35(62-2)16-8-30)42-25-26-44(55-42)49(32-11-19-37(64-4)20-12-32)50-33(27-38(51(57)58)52(59)60)28-45(56-50)48(43-24-23-41(46)54-43)31-9-17-36(63-3)18-10-31/h5-28,53-56H,1-4H3,(H,57,58)(H,59,60). The molecule has 0 saturated carbocycles. The lowest BCUT2D eigenvalue weighted by molar-refractivity contribution is -0.140. The zero-order valence-electron chi connectivity index (χ0n) is 35.2. The number of ether oxygens (including phenoxy) is 4. The van der Waals surface area contributed by atoms with Gasteiger partial charge in [-0.1, -0.05) is 48.5 Å². The van der Waals surface area contributed by atoms with Gasteiger partial charge >= 0.3 is 11.9 Å². The number of carbonyl (C=O) groups is 2. The molecule has 1 aliphatic heterocycles. The fourth-order valence-corrected chi connectivity index (χ4v) is 8.19. The zero-order chi connectivity index (χ0) is 44.5. The molecule has 0 saturated heterocycles. The first-order valence-electron chi connectivity index (χ1n) is 20.2. The quantitative estimate of drug-likeness (QED) is 0.0531. The Kier molecular flexibility index (Phi) is 10.8. The highest BCUT2D eigenvalue weighted by molar-refractivity contribution is 6.16. The van der Waals surface area contributed by atoms with Gasteiger partial charge in [0.2, 0.25) is 0 Å². The number of hydrogen-bond acceptors (Lipinski definition) is 6. The third-order valence-electron chi connectivity index (χ3n) is 11.3. The van der Waals surface area contributed by atoms with Gasteiger partial charge in [0.15, 0.2) is 0 Å². The van der Waals surface area contributed by atoms with Crippen molar-refractivity contribution in [2.45, 2.75) is 0 Å². The number of carboxylic acids is 2. The van der Waals surface area contributed by atoms with Crippen molar-refractivity contribution >= 4 is 40.3 Å². The van der Waals surface area contributed by atoms with E-state index in [-0.39, 0.29) is 0 Å². The molecule has 318 valence electrons. The lowest BCUT2D eigenvalue weighted by Gasteiger charge is -2.11. The molecule has 8 bridgehead atoms. The molecule has 12 nitrogen and oxygen atoms in total. The summed E-state index contributed by atoms with van der Waals surface area (Å²) >= 11 is 0. The summed E-state index contributed by atoms with van der Waals surface area (Å²) in [6.45, 7) is 0. The van der Waals surface area contributed by atoms with Crippen molar-refractivity contribution in [1.82, 2.24) is 19.9 Å². The van der Waals surface area contributed by atoms with Crippen LogP contribution in [0.15, 0.2) is 145 Å². The molecule has 9 rings (SSSR count). The van der Waals surface area contributed by atoms with E-state index in [1.54, 1.807) is 34.5 Å². The number of fused-ring (bicyclic) bond motifs is 8. The van der Waals surface area contributed by atoms with Gasteiger partial charge in [0.25, 0.3) is 0 Å². The van der Waals surface area contributed by atoms with Crippen molar-refractivity contribution in [1.29, 1.82) is 0 Å². The highest BCUT2D eigenvalue weighted by Gasteiger charge is 2.22. The summed E-state index contributed by atoms with van der Waals surface area (Å²) < 4.78 is 22.1. The molecule has 6 N–H and O–H groups in total. The fourth-order valence-electron chi connectivity index (χ4n) is 8.19. The molecule has 1 aliphatic rings. The maximum absolute atomic E-state index is 12.5. The smallest absolute Gasteiger partial charge is 0.343 e. The maximum Gasteiger partial charge on any atom is 0.343 e. The zero-order valence-corrected chi connectivity index (χ0v) is 35.2. The third-order valence-corrected chi connectivity index (χ3v) is 11.3. The van der Waals surface area contributed by atoms with Crippen LogP contribution in [0.25, 0.3) is 28.4 Å². The van der Waals surface area contributed by atoms with Crippen LogP contribution in [0.4, 0.5) is 0 Å². The lowest BCUT2D eigenvalue weighted by Crippen LogP contribution is -2.20. The van der Waals surface area contributed by atoms with Crippen LogP contribution in [-0.2, 0) is 9.59 Å². The van der Waals surface area contributed by atoms with Crippen LogP contribution in [0.1, 0.15) is 50.6 Å². The number of hydrogen-bond donors (Lipinski definition) is 6. The minimum absolute atomic E-state index is 0.331. The summed E-state index contributed by atoms with van der Waals surface area (Å²) in [6.07, 6.45) is 1.19. The summed E-state index contributed by atoms with van der Waals surface area (Å²) in [7, 11) is 6.46. The topological polar surface area (TPSA) is 175 Å². The SMILES string of the molecule is COc1ccc(C2=c3ccc([nH]3)=C(c3ccc(OC)cc3)c3ccc([nH]3)C(c3ccc(OC)cc3)=c3[nH]c(cc3C=C(C(=O)O)C(=O)O)=C(c3ccc(OC)cc3)c3ccc2[nH]3)cc1. The minimum atomic E-state index is -1.58. The van der Waals surface area contributed by atoms with Gasteiger partial charge < -0.3 is 49.1 Å². The van der Waals surface area contributed by atoms with Crippen molar-refractivity contribution in [2.75, 3.05) is 28.4 Å². The van der Waals surface area contributed by atoms with Crippen molar-refractivity contribution in [2.24, 2.45) is 0 Å². The predicted molar refractivity (Wildman–Crippen MR) is 243 cm³/mol. The number of nitrogens with one attached hydrogen (secondary N) is 4. The van der Waals surface area contributed by atoms with Crippen LogP contribution in [0, 0.1) is 0 Å². The summed E-state index contributed by atoms with van der Waals surface area (Å²) in [6, 6.07) is 44.7. The van der Waals surface area contributed by atoms with Crippen LogP contribution in [0.5, 0.6) is 23.0 Å². The van der Waals surface area contributed by atoms with E-state index in [0.717, 1.165) is 72.5 Å². The Hall–Kier alpha value is -8.64. The first kappa shape index (κ1) is 40.7. The Bertz CT molecular complexity index is 3330. The first-order valence-corrected chi connectivity index (χ1v) is 20.2. The van der Waals surface area contributed by atoms with Crippen molar-refractivity contribution < 1.29 is 38.7 Å². The molecular weight excluding hydrogens is 809 g/mol.